The molecule has 0 atom stereocenters. The fraction of sp³-hybridized carbons (Fsp3) is 0.0278. The van der Waals surface area contributed by atoms with Gasteiger partial charge in [0.25, 0.3) is 0 Å². The Labute approximate surface area is 234 Å². The monoisotopic (exact) mass is 523 g/mol. The van der Waals surface area contributed by atoms with Gasteiger partial charge in [0.05, 0.1) is 27.6 Å². The summed E-state index contributed by atoms with van der Waals surface area (Å²) >= 11 is 0. The Morgan fingerprint density at radius 2 is 1.41 bits per heavy atom. The molecule has 5 aromatic heterocycles. The van der Waals surface area contributed by atoms with Gasteiger partial charge in [-0.1, -0.05) is 54.6 Å². The molecule has 0 unspecified atom stereocenters. The predicted molar refractivity (Wildman–Crippen MR) is 166 cm³/mol. The molecule has 4 aromatic carbocycles. The summed E-state index contributed by atoms with van der Waals surface area (Å²) in [5.74, 6) is 0. The number of aromatic nitrogens is 5. The summed E-state index contributed by atoms with van der Waals surface area (Å²) in [7, 11) is 0. The summed E-state index contributed by atoms with van der Waals surface area (Å²) in [6.07, 6.45) is 4.65. The summed E-state index contributed by atoms with van der Waals surface area (Å²) in [6.45, 7) is 0. The predicted octanol–water partition coefficient (Wildman–Crippen LogP) is 8.25. The molecular formula is C36H21N5. The third kappa shape index (κ3) is 2.68. The topological polar surface area (TPSA) is 48.0 Å². The highest BCUT2D eigenvalue weighted by Gasteiger charge is 2.26. The Bertz CT molecular complexity index is 2550. The third-order valence-electron chi connectivity index (χ3n) is 8.79. The summed E-state index contributed by atoms with van der Waals surface area (Å²) in [4.78, 5) is 14.6. The number of fused-ring (bicyclic) bond motifs is 15. The second-order valence-corrected chi connectivity index (χ2v) is 10.9. The van der Waals surface area contributed by atoms with Crippen molar-refractivity contribution in [2.75, 3.05) is 0 Å². The minimum absolute atomic E-state index is 0.742. The first-order chi connectivity index (χ1) is 20.3. The van der Waals surface area contributed by atoms with Crippen LogP contribution in [0.2, 0.25) is 0 Å². The van der Waals surface area contributed by atoms with Gasteiger partial charge in [-0.05, 0) is 71.6 Å². The van der Waals surface area contributed by atoms with Crippen LogP contribution >= 0.6 is 0 Å². The molecule has 0 aliphatic heterocycles. The minimum Gasteiger partial charge on any atom is -0.309 e. The average Bonchev–Trinajstić information content (AvgIpc) is 3.70. The lowest BCUT2D eigenvalue weighted by Gasteiger charge is -2.12. The molecule has 0 fully saturated rings. The SMILES string of the molecule is c1ccc(-n2c3cc4c(cc3c3ccc5c(c32)-c2ccccc2C5)c2nc3ncccc3n2c2cccnc42)cc1. The van der Waals surface area contributed by atoms with E-state index in [4.69, 9.17) is 9.97 Å². The molecule has 0 saturated carbocycles. The van der Waals surface area contributed by atoms with Crippen LogP contribution in [0.3, 0.4) is 0 Å². The number of nitrogens with zero attached hydrogens (tertiary/aromatic N) is 5. The van der Waals surface area contributed by atoms with Crippen LogP contribution in [0.1, 0.15) is 11.1 Å². The normalized spacial score (nSPS) is 12.8. The van der Waals surface area contributed by atoms with Crippen molar-refractivity contribution in [3.8, 4) is 16.8 Å². The first kappa shape index (κ1) is 21.3. The number of rotatable bonds is 1. The van der Waals surface area contributed by atoms with Gasteiger partial charge in [0, 0.05) is 45.2 Å². The van der Waals surface area contributed by atoms with Crippen LogP contribution in [0.25, 0.3) is 77.2 Å². The van der Waals surface area contributed by atoms with Crippen LogP contribution in [0.15, 0.2) is 116 Å². The minimum atomic E-state index is 0.742. The number of para-hydroxylation sites is 1. The Morgan fingerprint density at radius 3 is 2.34 bits per heavy atom. The van der Waals surface area contributed by atoms with Gasteiger partial charge in [-0.3, -0.25) is 9.38 Å². The molecule has 0 bridgehead atoms. The summed E-state index contributed by atoms with van der Waals surface area (Å²) < 4.78 is 4.66. The van der Waals surface area contributed by atoms with Crippen molar-refractivity contribution in [2.45, 2.75) is 6.42 Å². The van der Waals surface area contributed by atoms with Crippen LogP contribution in [-0.2, 0) is 6.42 Å². The first-order valence-electron chi connectivity index (χ1n) is 13.9. The molecule has 9 aromatic rings. The molecule has 5 nitrogen and oxygen atoms in total. The summed E-state index contributed by atoms with van der Waals surface area (Å²) in [6, 6.07) is 37.0. The number of hydrogen-bond acceptors (Lipinski definition) is 3. The van der Waals surface area contributed by atoms with Gasteiger partial charge in [-0.25, -0.2) is 9.97 Å². The fourth-order valence-corrected chi connectivity index (χ4v) is 7.11. The quantitative estimate of drug-likeness (QED) is 0.204. The zero-order valence-electron chi connectivity index (χ0n) is 21.9. The van der Waals surface area contributed by atoms with E-state index in [9.17, 15) is 0 Å². The molecule has 0 radical (unpaired) electrons. The Hall–Kier alpha value is -5.55. The lowest BCUT2D eigenvalue weighted by atomic mass is 10.0. The van der Waals surface area contributed by atoms with Gasteiger partial charge in [-0.15, -0.1) is 0 Å². The van der Waals surface area contributed by atoms with Crippen molar-refractivity contribution in [1.29, 1.82) is 0 Å². The van der Waals surface area contributed by atoms with Crippen molar-refractivity contribution in [2.24, 2.45) is 0 Å². The molecule has 5 heterocycles. The zero-order chi connectivity index (χ0) is 26.7. The Morgan fingerprint density at radius 1 is 0.585 bits per heavy atom. The highest BCUT2D eigenvalue weighted by Crippen LogP contribution is 2.46. The molecule has 5 heteroatoms. The largest absolute Gasteiger partial charge is 0.309 e. The third-order valence-corrected chi connectivity index (χ3v) is 8.79. The summed E-state index contributed by atoms with van der Waals surface area (Å²) in [5, 5.41) is 4.62. The van der Waals surface area contributed by atoms with E-state index in [1.165, 1.54) is 44.1 Å². The number of benzene rings is 4. The second kappa shape index (κ2) is 7.55. The smallest absolute Gasteiger partial charge is 0.178 e. The maximum absolute atomic E-state index is 5.05. The molecule has 0 N–H and O–H groups in total. The van der Waals surface area contributed by atoms with Gasteiger partial charge in [0.2, 0.25) is 0 Å². The molecule has 190 valence electrons. The van der Waals surface area contributed by atoms with E-state index in [-0.39, 0.29) is 0 Å². The number of pyridine rings is 3. The van der Waals surface area contributed by atoms with Crippen molar-refractivity contribution in [3.63, 3.8) is 0 Å². The van der Waals surface area contributed by atoms with E-state index in [2.05, 4.69) is 105 Å². The second-order valence-electron chi connectivity index (χ2n) is 10.9. The van der Waals surface area contributed by atoms with Gasteiger partial charge in [0.1, 0.15) is 5.65 Å². The van der Waals surface area contributed by atoms with Crippen LogP contribution in [0.4, 0.5) is 0 Å². The Kier molecular flexibility index (Phi) is 3.92. The Balaban J connectivity index is 1.47. The number of imidazole rings is 1. The maximum atomic E-state index is 5.05. The number of hydrogen-bond donors (Lipinski definition) is 0. The van der Waals surface area contributed by atoms with Crippen LogP contribution in [-0.4, -0.2) is 23.9 Å². The van der Waals surface area contributed by atoms with Gasteiger partial charge < -0.3 is 4.57 Å². The van der Waals surface area contributed by atoms with E-state index in [0.717, 1.165) is 50.7 Å². The standard InChI is InChI=1S/C36H21N5/c1-2-9-23(10-3-1)40-31-20-27-28(36-39-35-30(13-7-17-38-35)41(36)29-12-6-16-37-33(27)29)19-26(31)25-15-14-22-18-21-8-4-5-11-24(21)32(22)34(25)40/h1-17,19-20H,18H2. The average molecular weight is 524 g/mol. The van der Waals surface area contributed by atoms with Crippen LogP contribution in [0.5, 0.6) is 0 Å². The van der Waals surface area contributed by atoms with Gasteiger partial charge in [0.15, 0.2) is 5.65 Å². The van der Waals surface area contributed by atoms with E-state index in [0.29, 0.717) is 0 Å². The van der Waals surface area contributed by atoms with Crippen molar-refractivity contribution < 1.29 is 0 Å². The van der Waals surface area contributed by atoms with Crippen molar-refractivity contribution in [1.82, 2.24) is 23.9 Å². The molecule has 0 spiro atoms. The van der Waals surface area contributed by atoms with Crippen LogP contribution < -0.4 is 0 Å². The lowest BCUT2D eigenvalue weighted by molar-refractivity contribution is 1.18. The molecular weight excluding hydrogens is 502 g/mol. The van der Waals surface area contributed by atoms with Crippen LogP contribution in [0, 0.1) is 0 Å². The molecule has 0 amide bonds. The molecule has 10 rings (SSSR count). The molecule has 41 heavy (non-hydrogen) atoms. The van der Waals surface area contributed by atoms with E-state index in [1.807, 2.05) is 24.5 Å². The highest BCUT2D eigenvalue weighted by molar-refractivity contribution is 6.22. The van der Waals surface area contributed by atoms with E-state index >= 15 is 0 Å². The molecule has 1 aliphatic rings. The molecule has 0 saturated heterocycles. The van der Waals surface area contributed by atoms with Gasteiger partial charge >= 0.3 is 0 Å². The van der Waals surface area contributed by atoms with E-state index < -0.39 is 0 Å². The maximum Gasteiger partial charge on any atom is 0.178 e. The first-order valence-corrected chi connectivity index (χ1v) is 13.9. The van der Waals surface area contributed by atoms with Crippen molar-refractivity contribution >= 4 is 60.4 Å². The fourth-order valence-electron chi connectivity index (χ4n) is 7.11. The van der Waals surface area contributed by atoms with Crippen molar-refractivity contribution in [3.05, 3.63) is 127 Å². The summed E-state index contributed by atoms with van der Waals surface area (Å²) in [5.41, 5.74) is 13.6. The zero-order valence-corrected chi connectivity index (χ0v) is 21.9. The van der Waals surface area contributed by atoms with Gasteiger partial charge in [-0.2, -0.15) is 0 Å². The molecule has 1 aliphatic carbocycles. The lowest BCUT2D eigenvalue weighted by Crippen LogP contribution is -1.96. The van der Waals surface area contributed by atoms with E-state index in [1.54, 1.807) is 0 Å². The highest BCUT2D eigenvalue weighted by atomic mass is 15.1.